The first-order chi connectivity index (χ1) is 8.25. The molecule has 2 heterocycles. The van der Waals surface area contributed by atoms with Gasteiger partial charge in [0.2, 0.25) is 0 Å². The van der Waals surface area contributed by atoms with Gasteiger partial charge in [0, 0.05) is 6.54 Å². The number of hydrogen-bond acceptors (Lipinski definition) is 2. The molecule has 0 fully saturated rings. The van der Waals surface area contributed by atoms with Crippen LogP contribution in [0.3, 0.4) is 0 Å². The third kappa shape index (κ3) is 1.71. The van der Waals surface area contributed by atoms with Gasteiger partial charge in [-0.15, -0.1) is 0 Å². The molecule has 1 aromatic heterocycles. The number of aromatic nitrogens is 2. The molecule has 1 N–H and O–H groups in total. The van der Waals surface area contributed by atoms with Crippen molar-refractivity contribution < 1.29 is 0 Å². The number of hydrogen-bond donors (Lipinski definition) is 1. The third-order valence-electron chi connectivity index (χ3n) is 3.29. The van der Waals surface area contributed by atoms with Gasteiger partial charge in [0.1, 0.15) is 0 Å². The van der Waals surface area contributed by atoms with Gasteiger partial charge >= 0.3 is 0 Å². The molecule has 0 aliphatic carbocycles. The average molecular weight is 227 g/mol. The summed E-state index contributed by atoms with van der Waals surface area (Å²) in [6.07, 6.45) is 2.29. The standard InChI is InChI=1S/C14H17N3/c1-10-5-3-6-12(9-10)17-13-7-4-8-15-14(13)11(2)16-17/h3,5-6,9,15H,4,7-8H2,1-2H3. The van der Waals surface area contributed by atoms with Gasteiger partial charge in [-0.05, 0) is 44.4 Å². The second kappa shape index (κ2) is 3.91. The molecule has 17 heavy (non-hydrogen) atoms. The Labute approximate surface area is 101 Å². The summed E-state index contributed by atoms with van der Waals surface area (Å²) in [6.45, 7) is 5.25. The van der Waals surface area contributed by atoms with Crippen molar-refractivity contribution in [3.8, 4) is 5.69 Å². The molecule has 0 spiro atoms. The van der Waals surface area contributed by atoms with Crippen molar-refractivity contribution in [2.45, 2.75) is 26.7 Å². The van der Waals surface area contributed by atoms with E-state index in [1.807, 2.05) is 0 Å². The van der Waals surface area contributed by atoms with E-state index in [1.54, 1.807) is 0 Å². The lowest BCUT2D eigenvalue weighted by atomic mass is 10.1. The van der Waals surface area contributed by atoms with Crippen LogP contribution >= 0.6 is 0 Å². The lowest BCUT2D eigenvalue weighted by molar-refractivity contribution is 0.741. The van der Waals surface area contributed by atoms with E-state index in [4.69, 9.17) is 0 Å². The summed E-state index contributed by atoms with van der Waals surface area (Å²) in [5.41, 5.74) is 6.09. The van der Waals surface area contributed by atoms with Crippen LogP contribution in [0.15, 0.2) is 24.3 Å². The first-order valence-corrected chi connectivity index (χ1v) is 6.15. The first kappa shape index (κ1) is 10.4. The van der Waals surface area contributed by atoms with E-state index in [1.165, 1.54) is 23.4 Å². The van der Waals surface area contributed by atoms with Crippen LogP contribution in [-0.2, 0) is 6.42 Å². The van der Waals surface area contributed by atoms with Crippen LogP contribution in [0, 0.1) is 13.8 Å². The highest BCUT2D eigenvalue weighted by Crippen LogP contribution is 2.27. The zero-order chi connectivity index (χ0) is 11.8. The zero-order valence-corrected chi connectivity index (χ0v) is 10.3. The Bertz CT molecular complexity index is 555. The summed E-state index contributed by atoms with van der Waals surface area (Å²) in [5.74, 6) is 0. The van der Waals surface area contributed by atoms with E-state index in [0.717, 1.165) is 24.3 Å². The predicted molar refractivity (Wildman–Crippen MR) is 69.8 cm³/mol. The molecule has 3 heteroatoms. The van der Waals surface area contributed by atoms with Crippen molar-refractivity contribution in [1.29, 1.82) is 0 Å². The van der Waals surface area contributed by atoms with Crippen molar-refractivity contribution >= 4 is 5.69 Å². The smallest absolute Gasteiger partial charge is 0.0832 e. The first-order valence-electron chi connectivity index (χ1n) is 6.15. The van der Waals surface area contributed by atoms with Crippen molar-refractivity contribution in [1.82, 2.24) is 9.78 Å². The van der Waals surface area contributed by atoms with Crippen molar-refractivity contribution in [3.05, 3.63) is 41.2 Å². The molecule has 0 unspecified atom stereocenters. The maximum absolute atomic E-state index is 4.66. The maximum Gasteiger partial charge on any atom is 0.0832 e. The number of benzene rings is 1. The Morgan fingerprint density at radius 1 is 1.29 bits per heavy atom. The summed E-state index contributed by atoms with van der Waals surface area (Å²) in [6, 6.07) is 8.50. The van der Waals surface area contributed by atoms with E-state index in [-0.39, 0.29) is 0 Å². The largest absolute Gasteiger partial charge is 0.382 e. The van der Waals surface area contributed by atoms with Gasteiger partial charge in [0.25, 0.3) is 0 Å². The molecular formula is C14H17N3. The topological polar surface area (TPSA) is 29.9 Å². The molecule has 1 aliphatic heterocycles. The molecule has 0 saturated carbocycles. The van der Waals surface area contributed by atoms with Crippen LogP contribution in [0.25, 0.3) is 5.69 Å². The van der Waals surface area contributed by atoms with E-state index >= 15 is 0 Å². The second-order valence-corrected chi connectivity index (χ2v) is 4.69. The molecule has 2 aromatic rings. The molecule has 0 bridgehead atoms. The SMILES string of the molecule is Cc1cccc(-n2nc(C)c3c2CCCN3)c1. The zero-order valence-electron chi connectivity index (χ0n) is 10.3. The highest BCUT2D eigenvalue weighted by Gasteiger charge is 2.18. The average Bonchev–Trinajstić information content (AvgIpc) is 2.68. The molecule has 88 valence electrons. The Morgan fingerprint density at radius 3 is 3.00 bits per heavy atom. The summed E-state index contributed by atoms with van der Waals surface area (Å²) < 4.78 is 2.09. The van der Waals surface area contributed by atoms with E-state index in [0.29, 0.717) is 0 Å². The Kier molecular flexibility index (Phi) is 2.39. The van der Waals surface area contributed by atoms with Gasteiger partial charge in [0.05, 0.1) is 22.8 Å². The Hall–Kier alpha value is -1.77. The predicted octanol–water partition coefficient (Wildman–Crippen LogP) is 2.85. The second-order valence-electron chi connectivity index (χ2n) is 4.69. The Balaban J connectivity index is 2.15. The maximum atomic E-state index is 4.66. The number of nitrogens with one attached hydrogen (secondary N) is 1. The van der Waals surface area contributed by atoms with Crippen LogP contribution in [0.1, 0.15) is 23.4 Å². The van der Waals surface area contributed by atoms with Gasteiger partial charge in [-0.25, -0.2) is 4.68 Å². The number of aryl methyl sites for hydroxylation is 2. The molecule has 3 rings (SSSR count). The normalized spacial score (nSPS) is 14.2. The molecule has 0 atom stereocenters. The molecule has 0 radical (unpaired) electrons. The highest BCUT2D eigenvalue weighted by molar-refractivity contribution is 5.56. The minimum Gasteiger partial charge on any atom is -0.382 e. The molecule has 1 aromatic carbocycles. The van der Waals surface area contributed by atoms with Gasteiger partial charge in [-0.2, -0.15) is 5.10 Å². The molecule has 0 saturated heterocycles. The van der Waals surface area contributed by atoms with Crippen molar-refractivity contribution in [3.63, 3.8) is 0 Å². The number of fused-ring (bicyclic) bond motifs is 1. The van der Waals surface area contributed by atoms with E-state index in [9.17, 15) is 0 Å². The summed E-state index contributed by atoms with van der Waals surface area (Å²) in [5, 5.41) is 8.11. The van der Waals surface area contributed by atoms with E-state index in [2.05, 4.69) is 53.2 Å². The van der Waals surface area contributed by atoms with E-state index < -0.39 is 0 Å². The quantitative estimate of drug-likeness (QED) is 0.812. The minimum atomic E-state index is 1.06. The fraction of sp³-hybridized carbons (Fsp3) is 0.357. The molecule has 1 aliphatic rings. The van der Waals surface area contributed by atoms with Crippen LogP contribution in [0.2, 0.25) is 0 Å². The molecule has 3 nitrogen and oxygen atoms in total. The number of anilines is 1. The van der Waals surface area contributed by atoms with Crippen molar-refractivity contribution in [2.75, 3.05) is 11.9 Å². The minimum absolute atomic E-state index is 1.06. The highest BCUT2D eigenvalue weighted by atomic mass is 15.3. The number of nitrogens with zero attached hydrogens (tertiary/aromatic N) is 2. The van der Waals surface area contributed by atoms with Crippen LogP contribution in [0.5, 0.6) is 0 Å². The van der Waals surface area contributed by atoms with Gasteiger partial charge in [-0.1, -0.05) is 12.1 Å². The lowest BCUT2D eigenvalue weighted by Crippen LogP contribution is -2.13. The summed E-state index contributed by atoms with van der Waals surface area (Å²) in [4.78, 5) is 0. The van der Waals surface area contributed by atoms with Gasteiger partial charge in [0.15, 0.2) is 0 Å². The monoisotopic (exact) mass is 227 g/mol. The number of rotatable bonds is 1. The van der Waals surface area contributed by atoms with Gasteiger partial charge < -0.3 is 5.32 Å². The van der Waals surface area contributed by atoms with Crippen LogP contribution < -0.4 is 5.32 Å². The summed E-state index contributed by atoms with van der Waals surface area (Å²) >= 11 is 0. The summed E-state index contributed by atoms with van der Waals surface area (Å²) in [7, 11) is 0. The van der Waals surface area contributed by atoms with Crippen molar-refractivity contribution in [2.24, 2.45) is 0 Å². The molecule has 0 amide bonds. The molecular weight excluding hydrogens is 210 g/mol. The third-order valence-corrected chi connectivity index (χ3v) is 3.29. The lowest BCUT2D eigenvalue weighted by Gasteiger charge is -2.16. The Morgan fingerprint density at radius 2 is 2.18 bits per heavy atom. The van der Waals surface area contributed by atoms with Gasteiger partial charge in [-0.3, -0.25) is 0 Å². The fourth-order valence-electron chi connectivity index (χ4n) is 2.48. The van der Waals surface area contributed by atoms with Crippen LogP contribution in [-0.4, -0.2) is 16.3 Å². The fourth-order valence-corrected chi connectivity index (χ4v) is 2.48. The van der Waals surface area contributed by atoms with Crippen LogP contribution in [0.4, 0.5) is 5.69 Å².